The van der Waals surface area contributed by atoms with Crippen LogP contribution in [0, 0.1) is 0 Å². The predicted octanol–water partition coefficient (Wildman–Crippen LogP) is 4.84. The summed E-state index contributed by atoms with van der Waals surface area (Å²) in [4.78, 5) is 27.3. The molecular formula is C22H18ClNO2. The van der Waals surface area contributed by atoms with Crippen molar-refractivity contribution in [3.63, 3.8) is 0 Å². The number of amides is 1. The molecule has 0 heterocycles. The molecule has 0 radical (unpaired) electrons. The van der Waals surface area contributed by atoms with E-state index in [-0.39, 0.29) is 11.7 Å². The molecule has 3 nitrogen and oxygen atoms in total. The molecule has 4 heteroatoms. The molecule has 0 atom stereocenters. The smallest absolute Gasteiger partial charge is 0.254 e. The summed E-state index contributed by atoms with van der Waals surface area (Å²) in [6, 6.07) is 23.3. The second kappa shape index (κ2) is 7.98. The number of ketones is 1. The summed E-state index contributed by atoms with van der Waals surface area (Å²) in [6.45, 7) is 0.434. The van der Waals surface area contributed by atoms with E-state index in [1.807, 2.05) is 30.3 Å². The maximum atomic E-state index is 12.9. The Hall–Kier alpha value is -2.91. The number of hydrogen-bond donors (Lipinski definition) is 0. The summed E-state index contributed by atoms with van der Waals surface area (Å²) in [6.07, 6.45) is 0. The fourth-order valence-electron chi connectivity index (χ4n) is 2.75. The fraction of sp³-hybridized carbons (Fsp3) is 0.0909. The van der Waals surface area contributed by atoms with E-state index >= 15 is 0 Å². The highest BCUT2D eigenvalue weighted by Gasteiger charge is 2.20. The number of hydrogen-bond acceptors (Lipinski definition) is 2. The quantitative estimate of drug-likeness (QED) is 0.608. The lowest BCUT2D eigenvalue weighted by molar-refractivity contribution is 0.0780. The SMILES string of the molecule is CN(Cc1ccc(Cl)cc1)C(=O)c1ccccc1C(=O)c1ccccc1. The van der Waals surface area contributed by atoms with E-state index in [9.17, 15) is 9.59 Å². The van der Waals surface area contributed by atoms with Gasteiger partial charge in [0.05, 0.1) is 5.56 Å². The van der Waals surface area contributed by atoms with Crippen molar-refractivity contribution in [1.29, 1.82) is 0 Å². The molecular weight excluding hydrogens is 346 g/mol. The van der Waals surface area contributed by atoms with Crippen molar-refractivity contribution in [3.05, 3.63) is 106 Å². The third kappa shape index (κ3) is 4.01. The molecule has 0 aliphatic rings. The Balaban J connectivity index is 1.85. The van der Waals surface area contributed by atoms with Crippen LogP contribution in [0.5, 0.6) is 0 Å². The normalized spacial score (nSPS) is 10.4. The van der Waals surface area contributed by atoms with Crippen molar-refractivity contribution in [2.24, 2.45) is 0 Å². The van der Waals surface area contributed by atoms with E-state index in [2.05, 4.69) is 0 Å². The maximum absolute atomic E-state index is 12.9. The molecule has 0 aliphatic carbocycles. The third-order valence-corrected chi connectivity index (χ3v) is 4.37. The second-order valence-corrected chi connectivity index (χ2v) is 6.46. The third-order valence-electron chi connectivity index (χ3n) is 4.12. The Bertz CT molecular complexity index is 920. The fourth-order valence-corrected chi connectivity index (χ4v) is 2.88. The summed E-state index contributed by atoms with van der Waals surface area (Å²) >= 11 is 5.90. The van der Waals surface area contributed by atoms with Crippen LogP contribution in [-0.4, -0.2) is 23.6 Å². The van der Waals surface area contributed by atoms with E-state index in [0.29, 0.717) is 28.3 Å². The molecule has 0 aliphatic heterocycles. The van der Waals surface area contributed by atoms with Crippen molar-refractivity contribution in [1.82, 2.24) is 4.90 Å². The minimum Gasteiger partial charge on any atom is -0.337 e. The van der Waals surface area contributed by atoms with Gasteiger partial charge >= 0.3 is 0 Å². The first kappa shape index (κ1) is 17.9. The van der Waals surface area contributed by atoms with Gasteiger partial charge in [0.1, 0.15) is 0 Å². The summed E-state index contributed by atoms with van der Waals surface area (Å²) in [5.74, 6) is -0.353. The Kier molecular flexibility index (Phi) is 5.49. The van der Waals surface area contributed by atoms with Crippen molar-refractivity contribution in [2.45, 2.75) is 6.54 Å². The molecule has 3 rings (SSSR count). The Morgan fingerprint density at radius 2 is 1.38 bits per heavy atom. The molecule has 0 saturated heterocycles. The zero-order valence-corrected chi connectivity index (χ0v) is 15.1. The van der Waals surface area contributed by atoms with Crippen molar-refractivity contribution >= 4 is 23.3 Å². The highest BCUT2D eigenvalue weighted by molar-refractivity contribution is 6.30. The van der Waals surface area contributed by atoms with Crippen molar-refractivity contribution in [3.8, 4) is 0 Å². The lowest BCUT2D eigenvalue weighted by atomic mass is 9.97. The van der Waals surface area contributed by atoms with Gasteiger partial charge in [0, 0.05) is 29.7 Å². The van der Waals surface area contributed by atoms with Crippen LogP contribution in [0.25, 0.3) is 0 Å². The molecule has 3 aromatic rings. The monoisotopic (exact) mass is 363 g/mol. The lowest BCUT2D eigenvalue weighted by Gasteiger charge is -2.19. The van der Waals surface area contributed by atoms with Gasteiger partial charge in [0.2, 0.25) is 0 Å². The van der Waals surface area contributed by atoms with Gasteiger partial charge in [-0.05, 0) is 23.8 Å². The molecule has 0 bridgehead atoms. The standard InChI is InChI=1S/C22H18ClNO2/c1-24(15-16-11-13-18(23)14-12-16)22(26)20-10-6-5-9-19(20)21(25)17-7-3-2-4-8-17/h2-14H,15H2,1H3. The van der Waals surface area contributed by atoms with Gasteiger partial charge in [0.15, 0.2) is 5.78 Å². The molecule has 1 amide bonds. The molecule has 0 unspecified atom stereocenters. The maximum Gasteiger partial charge on any atom is 0.254 e. The number of carbonyl (C=O) groups excluding carboxylic acids is 2. The Morgan fingerprint density at radius 3 is 2.04 bits per heavy atom. The Labute approximate surface area is 157 Å². The van der Waals surface area contributed by atoms with E-state index in [1.54, 1.807) is 60.5 Å². The van der Waals surface area contributed by atoms with E-state index in [0.717, 1.165) is 5.56 Å². The summed E-state index contributed by atoms with van der Waals surface area (Å²) in [5, 5.41) is 0.654. The second-order valence-electron chi connectivity index (χ2n) is 6.03. The summed E-state index contributed by atoms with van der Waals surface area (Å²) in [7, 11) is 1.72. The average molecular weight is 364 g/mol. The van der Waals surface area contributed by atoms with Crippen LogP contribution in [0.3, 0.4) is 0 Å². The van der Waals surface area contributed by atoms with Crippen LogP contribution in [0.2, 0.25) is 5.02 Å². The zero-order valence-electron chi connectivity index (χ0n) is 14.4. The number of rotatable bonds is 5. The van der Waals surface area contributed by atoms with Gasteiger partial charge in [0.25, 0.3) is 5.91 Å². The molecule has 26 heavy (non-hydrogen) atoms. The first-order valence-corrected chi connectivity index (χ1v) is 8.63. The first-order valence-electron chi connectivity index (χ1n) is 8.25. The zero-order chi connectivity index (χ0) is 18.5. The Morgan fingerprint density at radius 1 is 0.808 bits per heavy atom. The van der Waals surface area contributed by atoms with Gasteiger partial charge in [-0.3, -0.25) is 9.59 Å². The highest BCUT2D eigenvalue weighted by Crippen LogP contribution is 2.18. The molecule has 0 fully saturated rings. The van der Waals surface area contributed by atoms with Crippen LogP contribution >= 0.6 is 11.6 Å². The van der Waals surface area contributed by atoms with Crippen molar-refractivity contribution < 1.29 is 9.59 Å². The van der Waals surface area contributed by atoms with E-state index < -0.39 is 0 Å². The number of carbonyl (C=O) groups is 2. The van der Waals surface area contributed by atoms with E-state index in [4.69, 9.17) is 11.6 Å². The van der Waals surface area contributed by atoms with Gasteiger partial charge in [-0.25, -0.2) is 0 Å². The highest BCUT2D eigenvalue weighted by atomic mass is 35.5. The minimum absolute atomic E-state index is 0.158. The van der Waals surface area contributed by atoms with Gasteiger partial charge in [-0.1, -0.05) is 72.3 Å². The average Bonchev–Trinajstić information content (AvgIpc) is 2.69. The largest absolute Gasteiger partial charge is 0.337 e. The predicted molar refractivity (Wildman–Crippen MR) is 104 cm³/mol. The summed E-state index contributed by atoms with van der Waals surface area (Å²) < 4.78 is 0. The molecule has 0 spiro atoms. The number of benzene rings is 3. The molecule has 0 saturated carbocycles. The number of nitrogens with zero attached hydrogens (tertiary/aromatic N) is 1. The number of halogens is 1. The lowest BCUT2D eigenvalue weighted by Crippen LogP contribution is -2.27. The van der Waals surface area contributed by atoms with Crippen LogP contribution in [0.15, 0.2) is 78.9 Å². The molecule has 0 N–H and O–H groups in total. The van der Waals surface area contributed by atoms with Crippen LogP contribution in [0.1, 0.15) is 31.8 Å². The topological polar surface area (TPSA) is 37.4 Å². The van der Waals surface area contributed by atoms with Crippen LogP contribution in [-0.2, 0) is 6.54 Å². The van der Waals surface area contributed by atoms with Crippen molar-refractivity contribution in [2.75, 3.05) is 7.05 Å². The minimum atomic E-state index is -0.195. The molecule has 3 aromatic carbocycles. The summed E-state index contributed by atoms with van der Waals surface area (Å²) in [5.41, 5.74) is 2.34. The molecule has 0 aromatic heterocycles. The van der Waals surface area contributed by atoms with Gasteiger partial charge in [-0.2, -0.15) is 0 Å². The van der Waals surface area contributed by atoms with Gasteiger partial charge < -0.3 is 4.90 Å². The van der Waals surface area contributed by atoms with Crippen LogP contribution < -0.4 is 0 Å². The first-order chi connectivity index (χ1) is 12.6. The van der Waals surface area contributed by atoms with Gasteiger partial charge in [-0.15, -0.1) is 0 Å². The van der Waals surface area contributed by atoms with Crippen LogP contribution in [0.4, 0.5) is 0 Å². The molecule has 130 valence electrons. The van der Waals surface area contributed by atoms with E-state index in [1.165, 1.54) is 0 Å².